The Labute approximate surface area is 90.1 Å². The van der Waals surface area contributed by atoms with Crippen molar-refractivity contribution in [1.82, 2.24) is 20.1 Å². The molecule has 3 rings (SSSR count). The highest BCUT2D eigenvalue weighted by Crippen LogP contribution is 2.40. The predicted molar refractivity (Wildman–Crippen MR) is 57.9 cm³/mol. The first-order valence-electron chi connectivity index (χ1n) is 5.98. The van der Waals surface area contributed by atoms with Crippen molar-refractivity contribution in [3.8, 4) is 0 Å². The molecule has 1 saturated heterocycles. The third-order valence-electron chi connectivity index (χ3n) is 3.36. The van der Waals surface area contributed by atoms with Gasteiger partial charge < -0.3 is 5.32 Å². The normalized spacial score (nSPS) is 23.3. The van der Waals surface area contributed by atoms with Crippen molar-refractivity contribution < 1.29 is 0 Å². The van der Waals surface area contributed by atoms with Gasteiger partial charge in [0, 0.05) is 5.92 Å². The molecule has 1 saturated carbocycles. The third-order valence-corrected chi connectivity index (χ3v) is 3.36. The summed E-state index contributed by atoms with van der Waals surface area (Å²) in [7, 11) is 0. The summed E-state index contributed by atoms with van der Waals surface area (Å²) >= 11 is 0. The molecule has 2 fully saturated rings. The minimum atomic E-state index is 0.586. The lowest BCUT2D eigenvalue weighted by Gasteiger charge is -2.24. The van der Waals surface area contributed by atoms with Crippen LogP contribution in [0.1, 0.15) is 49.3 Å². The Balaban J connectivity index is 1.87. The average molecular weight is 206 g/mol. The number of piperidine rings is 1. The number of aryl methyl sites for hydroxylation is 1. The molecule has 15 heavy (non-hydrogen) atoms. The van der Waals surface area contributed by atoms with E-state index in [9.17, 15) is 0 Å². The number of aromatic nitrogens is 3. The monoisotopic (exact) mass is 206 g/mol. The maximum Gasteiger partial charge on any atom is 0.147 e. The van der Waals surface area contributed by atoms with E-state index < -0.39 is 0 Å². The fourth-order valence-corrected chi connectivity index (χ4v) is 2.39. The third kappa shape index (κ3) is 1.78. The summed E-state index contributed by atoms with van der Waals surface area (Å²) in [6.45, 7) is 4.24. The van der Waals surface area contributed by atoms with Gasteiger partial charge in [-0.1, -0.05) is 0 Å². The standard InChI is InChI=1S/C11H18N4/c1-8-13-11(9-2-3-9)15(14-8)10-4-6-12-7-5-10/h9-10,12H,2-7H2,1H3. The largest absolute Gasteiger partial charge is 0.317 e. The Kier molecular flexibility index (Phi) is 2.24. The molecule has 4 nitrogen and oxygen atoms in total. The summed E-state index contributed by atoms with van der Waals surface area (Å²) in [5.41, 5.74) is 0. The molecule has 1 N–H and O–H groups in total. The second-order valence-electron chi connectivity index (χ2n) is 4.72. The highest BCUT2D eigenvalue weighted by molar-refractivity contribution is 5.08. The maximum atomic E-state index is 4.58. The van der Waals surface area contributed by atoms with E-state index in [4.69, 9.17) is 0 Å². The zero-order valence-electron chi connectivity index (χ0n) is 9.24. The molecule has 1 aromatic rings. The second kappa shape index (κ2) is 3.59. The van der Waals surface area contributed by atoms with E-state index in [1.807, 2.05) is 6.92 Å². The van der Waals surface area contributed by atoms with E-state index >= 15 is 0 Å². The lowest BCUT2D eigenvalue weighted by atomic mass is 10.1. The van der Waals surface area contributed by atoms with Crippen LogP contribution in [0.15, 0.2) is 0 Å². The molecule has 2 aliphatic rings. The van der Waals surface area contributed by atoms with Crippen molar-refractivity contribution in [2.24, 2.45) is 0 Å². The predicted octanol–water partition coefficient (Wildman–Crippen LogP) is 1.39. The van der Waals surface area contributed by atoms with Crippen LogP contribution in [0.5, 0.6) is 0 Å². The lowest BCUT2D eigenvalue weighted by molar-refractivity contribution is 0.333. The van der Waals surface area contributed by atoms with E-state index in [1.54, 1.807) is 0 Å². The summed E-state index contributed by atoms with van der Waals surface area (Å²) in [5.74, 6) is 2.90. The van der Waals surface area contributed by atoms with Gasteiger partial charge in [0.2, 0.25) is 0 Å². The van der Waals surface area contributed by atoms with Crippen molar-refractivity contribution in [2.45, 2.75) is 44.6 Å². The molecule has 82 valence electrons. The van der Waals surface area contributed by atoms with Crippen molar-refractivity contribution in [3.05, 3.63) is 11.6 Å². The molecular formula is C11H18N4. The van der Waals surface area contributed by atoms with Crippen LogP contribution in [-0.2, 0) is 0 Å². The van der Waals surface area contributed by atoms with Crippen molar-refractivity contribution in [1.29, 1.82) is 0 Å². The molecule has 1 aliphatic heterocycles. The number of hydrogen-bond donors (Lipinski definition) is 1. The number of nitrogens with zero attached hydrogens (tertiary/aromatic N) is 3. The van der Waals surface area contributed by atoms with E-state index in [0.29, 0.717) is 12.0 Å². The molecule has 0 atom stereocenters. The molecule has 4 heteroatoms. The number of nitrogens with one attached hydrogen (secondary N) is 1. The van der Waals surface area contributed by atoms with Crippen LogP contribution in [0.4, 0.5) is 0 Å². The van der Waals surface area contributed by atoms with E-state index in [-0.39, 0.29) is 0 Å². The minimum Gasteiger partial charge on any atom is -0.317 e. The van der Waals surface area contributed by atoms with Gasteiger partial charge in [0.05, 0.1) is 6.04 Å². The van der Waals surface area contributed by atoms with Gasteiger partial charge in [-0.3, -0.25) is 0 Å². The smallest absolute Gasteiger partial charge is 0.147 e. The summed E-state index contributed by atoms with van der Waals surface area (Å²) < 4.78 is 2.22. The fourth-order valence-electron chi connectivity index (χ4n) is 2.39. The van der Waals surface area contributed by atoms with Crippen molar-refractivity contribution in [2.75, 3.05) is 13.1 Å². The fraction of sp³-hybridized carbons (Fsp3) is 0.818. The van der Waals surface area contributed by atoms with Crippen LogP contribution in [0.2, 0.25) is 0 Å². The van der Waals surface area contributed by atoms with Gasteiger partial charge in [-0.25, -0.2) is 9.67 Å². The molecule has 0 radical (unpaired) electrons. The number of hydrogen-bond acceptors (Lipinski definition) is 3. The topological polar surface area (TPSA) is 42.7 Å². The van der Waals surface area contributed by atoms with Crippen LogP contribution in [0, 0.1) is 6.92 Å². The Morgan fingerprint density at radius 3 is 2.60 bits per heavy atom. The molecule has 0 unspecified atom stereocenters. The van der Waals surface area contributed by atoms with Gasteiger partial charge in [0.15, 0.2) is 0 Å². The summed E-state index contributed by atoms with van der Waals surface area (Å²) in [6.07, 6.45) is 5.01. The van der Waals surface area contributed by atoms with E-state index in [1.165, 1.54) is 31.5 Å². The molecule has 0 aromatic carbocycles. The first-order valence-corrected chi connectivity index (χ1v) is 5.98. The van der Waals surface area contributed by atoms with Gasteiger partial charge >= 0.3 is 0 Å². The van der Waals surface area contributed by atoms with Gasteiger partial charge in [-0.2, -0.15) is 5.10 Å². The van der Waals surface area contributed by atoms with Crippen LogP contribution in [-0.4, -0.2) is 27.9 Å². The molecule has 1 aliphatic carbocycles. The molecular weight excluding hydrogens is 188 g/mol. The zero-order valence-corrected chi connectivity index (χ0v) is 9.24. The van der Waals surface area contributed by atoms with Crippen LogP contribution < -0.4 is 5.32 Å². The van der Waals surface area contributed by atoms with E-state index in [2.05, 4.69) is 20.1 Å². The molecule has 1 aromatic heterocycles. The zero-order chi connectivity index (χ0) is 10.3. The quantitative estimate of drug-likeness (QED) is 0.795. The Morgan fingerprint density at radius 1 is 1.20 bits per heavy atom. The maximum absolute atomic E-state index is 4.58. The highest BCUT2D eigenvalue weighted by Gasteiger charge is 2.31. The Hall–Kier alpha value is -0.900. The Bertz CT molecular complexity index is 347. The van der Waals surface area contributed by atoms with Gasteiger partial charge in [0.1, 0.15) is 11.6 Å². The van der Waals surface area contributed by atoms with Crippen LogP contribution in [0.3, 0.4) is 0 Å². The Morgan fingerprint density at radius 2 is 1.93 bits per heavy atom. The SMILES string of the molecule is Cc1nc(C2CC2)n(C2CCNCC2)n1. The van der Waals surface area contributed by atoms with E-state index in [0.717, 1.165) is 18.9 Å². The average Bonchev–Trinajstić information content (AvgIpc) is 3.03. The van der Waals surface area contributed by atoms with Crippen molar-refractivity contribution in [3.63, 3.8) is 0 Å². The number of rotatable bonds is 2. The first-order chi connectivity index (χ1) is 7.34. The van der Waals surface area contributed by atoms with Crippen LogP contribution in [0.25, 0.3) is 0 Å². The molecule has 2 heterocycles. The second-order valence-corrected chi connectivity index (χ2v) is 4.72. The summed E-state index contributed by atoms with van der Waals surface area (Å²) in [4.78, 5) is 4.58. The highest BCUT2D eigenvalue weighted by atomic mass is 15.4. The summed E-state index contributed by atoms with van der Waals surface area (Å²) in [5, 5.41) is 7.97. The van der Waals surface area contributed by atoms with Crippen molar-refractivity contribution >= 4 is 0 Å². The van der Waals surface area contributed by atoms with Crippen LogP contribution >= 0.6 is 0 Å². The lowest BCUT2D eigenvalue weighted by Crippen LogP contribution is -2.30. The summed E-state index contributed by atoms with van der Waals surface area (Å²) in [6, 6.07) is 0.586. The molecule has 0 bridgehead atoms. The molecule has 0 spiro atoms. The van der Waals surface area contributed by atoms with Gasteiger partial charge in [-0.05, 0) is 45.7 Å². The minimum absolute atomic E-state index is 0.586. The van der Waals surface area contributed by atoms with Gasteiger partial charge in [-0.15, -0.1) is 0 Å². The molecule has 0 amide bonds. The van der Waals surface area contributed by atoms with Gasteiger partial charge in [0.25, 0.3) is 0 Å². The first kappa shape index (κ1) is 9.33.